The van der Waals surface area contributed by atoms with Gasteiger partial charge in [0.05, 0.1) is 6.10 Å². The molecule has 0 bridgehead atoms. The number of hydrogen-bond donors (Lipinski definition) is 0. The summed E-state index contributed by atoms with van der Waals surface area (Å²) in [6.45, 7) is 12.9. The minimum absolute atomic E-state index is 0.163. The molecule has 2 atom stereocenters. The largest absolute Gasteiger partial charge is 0.465 e. The third-order valence-electron chi connectivity index (χ3n) is 3.42. The van der Waals surface area contributed by atoms with Crippen LogP contribution in [-0.4, -0.2) is 12.4 Å². The van der Waals surface area contributed by atoms with E-state index in [2.05, 4.69) is 52.0 Å². The molecule has 0 aliphatic rings. The zero-order valence-corrected chi connectivity index (χ0v) is 13.8. The molecule has 0 aromatic heterocycles. The summed E-state index contributed by atoms with van der Waals surface area (Å²) >= 11 is 0. The summed E-state index contributed by atoms with van der Waals surface area (Å²) in [5.41, 5.74) is 1.37. The van der Waals surface area contributed by atoms with E-state index in [1.54, 1.807) is 0 Å². The van der Waals surface area contributed by atoms with Crippen LogP contribution in [0, 0.1) is 5.92 Å². The Morgan fingerprint density at radius 1 is 0.950 bits per heavy atom. The highest BCUT2D eigenvalue weighted by Gasteiger charge is 2.15. The van der Waals surface area contributed by atoms with Crippen LogP contribution in [0.5, 0.6) is 5.75 Å². The van der Waals surface area contributed by atoms with Gasteiger partial charge in [-0.25, -0.2) is 0 Å². The fraction of sp³-hybridized carbons (Fsp3) is 0.667. The van der Waals surface area contributed by atoms with E-state index < -0.39 is 0 Å². The second-order valence-electron chi connectivity index (χ2n) is 6.24. The number of benzene rings is 1. The second kappa shape index (κ2) is 8.31. The lowest BCUT2D eigenvalue weighted by atomic mass is 9.99. The molecule has 1 rings (SSSR count). The first-order chi connectivity index (χ1) is 9.42. The van der Waals surface area contributed by atoms with Crippen molar-refractivity contribution in [1.82, 2.24) is 0 Å². The second-order valence-corrected chi connectivity index (χ2v) is 6.24. The molecule has 0 spiro atoms. The lowest BCUT2D eigenvalue weighted by Crippen LogP contribution is -2.26. The fourth-order valence-corrected chi connectivity index (χ4v) is 2.08. The van der Waals surface area contributed by atoms with Crippen molar-refractivity contribution in [1.29, 1.82) is 0 Å². The highest BCUT2D eigenvalue weighted by atomic mass is 16.7. The lowest BCUT2D eigenvalue weighted by molar-refractivity contribution is -0.117. The predicted octanol–water partition coefficient (Wildman–Crippen LogP) is 5.38. The standard InChI is InChI=1S/C18H30O2/c1-7-15(6)16-8-10-17(11-9-16)20-18(12-13(2)3)19-14(4)5/h8-11,13-15,18H,7,12H2,1-6H3. The average molecular weight is 278 g/mol. The number of rotatable bonds is 8. The first-order valence-electron chi connectivity index (χ1n) is 7.84. The molecule has 114 valence electrons. The van der Waals surface area contributed by atoms with Crippen LogP contribution in [0.3, 0.4) is 0 Å². The van der Waals surface area contributed by atoms with Gasteiger partial charge in [-0.2, -0.15) is 0 Å². The molecule has 2 nitrogen and oxygen atoms in total. The topological polar surface area (TPSA) is 18.5 Å². The molecule has 1 aromatic rings. The van der Waals surface area contributed by atoms with Crippen molar-refractivity contribution in [2.75, 3.05) is 0 Å². The Labute approximate surface area is 124 Å². The van der Waals surface area contributed by atoms with Gasteiger partial charge in [-0.15, -0.1) is 0 Å². The Morgan fingerprint density at radius 3 is 2.00 bits per heavy atom. The summed E-state index contributed by atoms with van der Waals surface area (Å²) in [7, 11) is 0. The molecule has 0 radical (unpaired) electrons. The fourth-order valence-electron chi connectivity index (χ4n) is 2.08. The molecule has 1 aromatic carbocycles. The summed E-state index contributed by atoms with van der Waals surface area (Å²) in [6.07, 6.45) is 2.08. The van der Waals surface area contributed by atoms with Crippen LogP contribution in [0.25, 0.3) is 0 Å². The monoisotopic (exact) mass is 278 g/mol. The summed E-state index contributed by atoms with van der Waals surface area (Å²) < 4.78 is 11.8. The van der Waals surface area contributed by atoms with Crippen molar-refractivity contribution in [2.24, 2.45) is 5.92 Å². The summed E-state index contributed by atoms with van der Waals surface area (Å²) in [4.78, 5) is 0. The van der Waals surface area contributed by atoms with Crippen molar-refractivity contribution >= 4 is 0 Å². The first-order valence-corrected chi connectivity index (χ1v) is 7.84. The van der Waals surface area contributed by atoms with E-state index in [1.165, 1.54) is 5.56 Å². The molecule has 2 unspecified atom stereocenters. The van der Waals surface area contributed by atoms with Crippen molar-refractivity contribution in [3.63, 3.8) is 0 Å². The molecule has 0 saturated carbocycles. The Hall–Kier alpha value is -1.02. The molecular weight excluding hydrogens is 248 g/mol. The van der Waals surface area contributed by atoms with Gasteiger partial charge in [-0.1, -0.05) is 39.8 Å². The molecule has 0 aliphatic heterocycles. The van der Waals surface area contributed by atoms with E-state index in [1.807, 2.05) is 13.8 Å². The molecule has 20 heavy (non-hydrogen) atoms. The average Bonchev–Trinajstić information content (AvgIpc) is 2.37. The normalized spacial score (nSPS) is 14.6. The van der Waals surface area contributed by atoms with Gasteiger partial charge in [0.15, 0.2) is 6.29 Å². The zero-order chi connectivity index (χ0) is 15.1. The summed E-state index contributed by atoms with van der Waals surface area (Å²) in [6, 6.07) is 8.42. The number of hydrogen-bond acceptors (Lipinski definition) is 2. The van der Waals surface area contributed by atoms with Crippen molar-refractivity contribution < 1.29 is 9.47 Å². The maximum Gasteiger partial charge on any atom is 0.200 e. The Bertz CT molecular complexity index is 358. The van der Waals surface area contributed by atoms with Gasteiger partial charge < -0.3 is 9.47 Å². The van der Waals surface area contributed by atoms with E-state index in [0.717, 1.165) is 18.6 Å². The van der Waals surface area contributed by atoms with Crippen LogP contribution in [0.1, 0.15) is 65.9 Å². The van der Waals surface area contributed by atoms with E-state index in [9.17, 15) is 0 Å². The molecule has 2 heteroatoms. The predicted molar refractivity (Wildman–Crippen MR) is 85.2 cm³/mol. The Morgan fingerprint density at radius 2 is 1.55 bits per heavy atom. The van der Waals surface area contributed by atoms with E-state index >= 15 is 0 Å². The van der Waals surface area contributed by atoms with Crippen LogP contribution in [0.4, 0.5) is 0 Å². The molecule has 0 amide bonds. The van der Waals surface area contributed by atoms with Crippen LogP contribution in [-0.2, 0) is 4.74 Å². The SMILES string of the molecule is CCC(C)c1ccc(OC(CC(C)C)OC(C)C)cc1. The quantitative estimate of drug-likeness (QED) is 0.595. The lowest BCUT2D eigenvalue weighted by Gasteiger charge is -2.23. The third-order valence-corrected chi connectivity index (χ3v) is 3.42. The first kappa shape index (κ1) is 17.0. The van der Waals surface area contributed by atoms with E-state index in [4.69, 9.17) is 9.47 Å². The van der Waals surface area contributed by atoms with Crippen molar-refractivity contribution in [3.05, 3.63) is 29.8 Å². The molecular formula is C18H30O2. The van der Waals surface area contributed by atoms with Gasteiger partial charge in [-0.3, -0.25) is 0 Å². The third kappa shape index (κ3) is 5.96. The molecule has 0 saturated heterocycles. The van der Waals surface area contributed by atoms with Gasteiger partial charge in [0.25, 0.3) is 0 Å². The maximum atomic E-state index is 5.98. The zero-order valence-electron chi connectivity index (χ0n) is 13.8. The highest BCUT2D eigenvalue weighted by molar-refractivity contribution is 5.29. The van der Waals surface area contributed by atoms with E-state index in [0.29, 0.717) is 11.8 Å². The molecule has 0 heterocycles. The highest BCUT2D eigenvalue weighted by Crippen LogP contribution is 2.23. The summed E-state index contributed by atoms with van der Waals surface area (Å²) in [5, 5.41) is 0. The van der Waals surface area contributed by atoms with Gasteiger partial charge in [0.2, 0.25) is 0 Å². The molecule has 0 aliphatic carbocycles. The Kier molecular flexibility index (Phi) is 7.08. The number of ether oxygens (including phenoxy) is 2. The minimum atomic E-state index is -0.163. The van der Waals surface area contributed by atoms with Gasteiger partial charge in [0.1, 0.15) is 5.75 Å². The van der Waals surface area contributed by atoms with Crippen LogP contribution < -0.4 is 4.74 Å². The van der Waals surface area contributed by atoms with Crippen LogP contribution in [0.2, 0.25) is 0 Å². The molecule has 0 N–H and O–H groups in total. The van der Waals surface area contributed by atoms with Crippen LogP contribution >= 0.6 is 0 Å². The Balaban J connectivity index is 2.67. The van der Waals surface area contributed by atoms with Gasteiger partial charge >= 0.3 is 0 Å². The summed E-state index contributed by atoms with van der Waals surface area (Å²) in [5.74, 6) is 2.05. The van der Waals surface area contributed by atoms with Crippen molar-refractivity contribution in [3.8, 4) is 5.75 Å². The maximum absolute atomic E-state index is 5.98. The van der Waals surface area contributed by atoms with E-state index in [-0.39, 0.29) is 12.4 Å². The minimum Gasteiger partial charge on any atom is -0.465 e. The smallest absolute Gasteiger partial charge is 0.200 e. The van der Waals surface area contributed by atoms with Gasteiger partial charge in [-0.05, 0) is 49.8 Å². The van der Waals surface area contributed by atoms with Gasteiger partial charge in [0, 0.05) is 6.42 Å². The van der Waals surface area contributed by atoms with Crippen LogP contribution in [0.15, 0.2) is 24.3 Å². The molecule has 0 fully saturated rings. The van der Waals surface area contributed by atoms with Crippen molar-refractivity contribution in [2.45, 2.75) is 72.7 Å².